The van der Waals surface area contributed by atoms with Crippen LogP contribution in [-0.2, 0) is 11.3 Å². The van der Waals surface area contributed by atoms with Gasteiger partial charge in [0, 0.05) is 51.9 Å². The maximum atomic E-state index is 13.3. The second kappa shape index (κ2) is 8.51. The summed E-state index contributed by atoms with van der Waals surface area (Å²) in [6.45, 7) is 5.01. The van der Waals surface area contributed by atoms with Gasteiger partial charge in [0.2, 0.25) is 12.7 Å². The molecule has 2 fully saturated rings. The van der Waals surface area contributed by atoms with E-state index in [4.69, 9.17) is 9.47 Å². The van der Waals surface area contributed by atoms with Crippen molar-refractivity contribution in [2.45, 2.75) is 31.8 Å². The lowest BCUT2D eigenvalue weighted by Gasteiger charge is -2.44. The summed E-state index contributed by atoms with van der Waals surface area (Å²) >= 11 is 0. The molecule has 4 aliphatic rings. The number of likely N-dealkylation sites (N-methyl/N-ethyl adjacent to an activating group) is 1. The van der Waals surface area contributed by atoms with Gasteiger partial charge in [0.05, 0.1) is 11.4 Å². The van der Waals surface area contributed by atoms with E-state index in [9.17, 15) is 9.59 Å². The van der Waals surface area contributed by atoms with Crippen LogP contribution in [0.1, 0.15) is 35.2 Å². The third-order valence-electron chi connectivity index (χ3n) is 7.51. The highest BCUT2D eigenvalue weighted by molar-refractivity contribution is 6.07. The summed E-state index contributed by atoms with van der Waals surface area (Å²) in [5.41, 5.74) is 3.74. The fourth-order valence-electron chi connectivity index (χ4n) is 5.58. The Morgan fingerprint density at radius 2 is 1.76 bits per heavy atom. The lowest BCUT2D eigenvalue weighted by atomic mass is 9.95. The first-order valence-electron chi connectivity index (χ1n) is 12.2. The number of hydrogen-bond acceptors (Lipinski definition) is 6. The predicted octanol–water partition coefficient (Wildman–Crippen LogP) is 2.71. The molecule has 2 aromatic carbocycles. The van der Waals surface area contributed by atoms with Crippen LogP contribution in [0, 0.1) is 0 Å². The minimum atomic E-state index is -0.0642. The molecule has 0 aliphatic carbocycles. The van der Waals surface area contributed by atoms with Crippen LogP contribution < -0.4 is 19.3 Å². The van der Waals surface area contributed by atoms with Crippen LogP contribution in [0.5, 0.6) is 11.5 Å². The molecule has 178 valence electrons. The number of amides is 2. The van der Waals surface area contributed by atoms with Crippen molar-refractivity contribution < 1.29 is 19.1 Å². The first kappa shape index (κ1) is 21.3. The maximum Gasteiger partial charge on any atom is 0.254 e. The second-order valence-corrected chi connectivity index (χ2v) is 9.56. The number of rotatable bonds is 3. The summed E-state index contributed by atoms with van der Waals surface area (Å²) in [6.07, 6.45) is 3.09. The quantitative estimate of drug-likeness (QED) is 0.699. The molecule has 2 amide bonds. The van der Waals surface area contributed by atoms with E-state index in [2.05, 4.69) is 15.9 Å². The van der Waals surface area contributed by atoms with Gasteiger partial charge in [-0.2, -0.15) is 0 Å². The smallest absolute Gasteiger partial charge is 0.254 e. The fourth-order valence-corrected chi connectivity index (χ4v) is 5.58. The van der Waals surface area contributed by atoms with Crippen molar-refractivity contribution in [3.63, 3.8) is 0 Å². The fraction of sp³-hybridized carbons (Fsp3) is 0.462. The molecule has 34 heavy (non-hydrogen) atoms. The summed E-state index contributed by atoms with van der Waals surface area (Å²) in [6, 6.07) is 11.9. The molecule has 0 bridgehead atoms. The van der Waals surface area contributed by atoms with Crippen molar-refractivity contribution in [2.24, 2.45) is 0 Å². The Balaban J connectivity index is 1.12. The number of nitrogens with zero attached hydrogens (tertiary/aromatic N) is 4. The first-order chi connectivity index (χ1) is 16.6. The topological polar surface area (TPSA) is 65.6 Å². The zero-order chi connectivity index (χ0) is 23.2. The summed E-state index contributed by atoms with van der Waals surface area (Å²) in [7, 11) is 1.83. The number of piperazine rings is 1. The van der Waals surface area contributed by atoms with E-state index in [1.54, 1.807) is 4.90 Å². The monoisotopic (exact) mass is 462 g/mol. The molecule has 0 N–H and O–H groups in total. The van der Waals surface area contributed by atoms with Crippen molar-refractivity contribution in [3.8, 4) is 11.5 Å². The number of carbonyl (C=O) groups is 2. The summed E-state index contributed by atoms with van der Waals surface area (Å²) in [4.78, 5) is 34.5. The molecule has 8 nitrogen and oxygen atoms in total. The van der Waals surface area contributed by atoms with Crippen LogP contribution in [0.2, 0.25) is 0 Å². The predicted molar refractivity (Wildman–Crippen MR) is 129 cm³/mol. The highest BCUT2D eigenvalue weighted by Crippen LogP contribution is 2.39. The standard InChI is InChI=1S/C26H30N4O4/c1-27-22-15-19(6-7-20(22)30-9-3-2-4-21(30)26(27)32)25(31)29-12-10-28(11-13-29)16-18-5-8-23-24(14-18)34-17-33-23/h5-8,14-15,21H,2-4,9-13,16-17H2,1H3. The average molecular weight is 463 g/mol. The van der Waals surface area contributed by atoms with Crippen LogP contribution >= 0.6 is 0 Å². The minimum Gasteiger partial charge on any atom is -0.454 e. The van der Waals surface area contributed by atoms with Crippen LogP contribution in [0.3, 0.4) is 0 Å². The third-order valence-corrected chi connectivity index (χ3v) is 7.51. The Labute approximate surface area is 199 Å². The molecule has 4 heterocycles. The Kier molecular flexibility index (Phi) is 5.32. The van der Waals surface area contributed by atoms with Crippen LogP contribution in [0.25, 0.3) is 0 Å². The van der Waals surface area contributed by atoms with Crippen LogP contribution in [-0.4, -0.2) is 74.2 Å². The number of carbonyl (C=O) groups excluding carboxylic acids is 2. The molecule has 8 heteroatoms. The Bertz CT molecular complexity index is 1130. The minimum absolute atomic E-state index is 0.0344. The summed E-state index contributed by atoms with van der Waals surface area (Å²) in [5, 5.41) is 0. The van der Waals surface area contributed by atoms with E-state index in [1.807, 2.05) is 42.3 Å². The number of anilines is 2. The largest absolute Gasteiger partial charge is 0.454 e. The Morgan fingerprint density at radius 3 is 2.62 bits per heavy atom. The summed E-state index contributed by atoms with van der Waals surface area (Å²) < 4.78 is 10.9. The number of benzene rings is 2. The average Bonchev–Trinajstić information content (AvgIpc) is 3.35. The molecule has 6 rings (SSSR count). The van der Waals surface area contributed by atoms with Crippen molar-refractivity contribution in [3.05, 3.63) is 47.5 Å². The second-order valence-electron chi connectivity index (χ2n) is 9.56. The van der Waals surface area contributed by atoms with Gasteiger partial charge in [0.25, 0.3) is 5.91 Å². The highest BCUT2D eigenvalue weighted by atomic mass is 16.7. The molecule has 0 aromatic heterocycles. The molecular formula is C26H30N4O4. The Morgan fingerprint density at radius 1 is 0.941 bits per heavy atom. The SMILES string of the molecule is CN1C(=O)C2CCCCN2c2ccc(C(=O)N3CCN(Cc4ccc5c(c4)OCO5)CC3)cc21. The van der Waals surface area contributed by atoms with E-state index in [-0.39, 0.29) is 24.6 Å². The zero-order valence-electron chi connectivity index (χ0n) is 19.5. The van der Waals surface area contributed by atoms with E-state index in [0.29, 0.717) is 18.7 Å². The molecule has 0 radical (unpaired) electrons. The molecule has 1 unspecified atom stereocenters. The van der Waals surface area contributed by atoms with Gasteiger partial charge in [-0.1, -0.05) is 6.07 Å². The maximum absolute atomic E-state index is 13.3. The Hall–Kier alpha value is -3.26. The van der Waals surface area contributed by atoms with Gasteiger partial charge >= 0.3 is 0 Å². The molecule has 2 saturated heterocycles. The lowest BCUT2D eigenvalue weighted by molar-refractivity contribution is -0.120. The first-order valence-corrected chi connectivity index (χ1v) is 12.2. The summed E-state index contributed by atoms with van der Waals surface area (Å²) in [5.74, 6) is 1.77. The van der Waals surface area contributed by atoms with Gasteiger partial charge in [-0.25, -0.2) is 0 Å². The van der Waals surface area contributed by atoms with Crippen molar-refractivity contribution >= 4 is 23.2 Å². The van der Waals surface area contributed by atoms with E-state index >= 15 is 0 Å². The third kappa shape index (κ3) is 3.66. The van der Waals surface area contributed by atoms with Crippen LogP contribution in [0.15, 0.2) is 36.4 Å². The number of ether oxygens (including phenoxy) is 2. The lowest BCUT2D eigenvalue weighted by Crippen LogP contribution is -2.54. The van der Waals surface area contributed by atoms with Gasteiger partial charge in [-0.05, 0) is 55.2 Å². The molecule has 4 aliphatic heterocycles. The number of piperidine rings is 1. The molecular weight excluding hydrogens is 432 g/mol. The normalized spacial score (nSPS) is 22.0. The zero-order valence-corrected chi connectivity index (χ0v) is 19.5. The van der Waals surface area contributed by atoms with Crippen molar-refractivity contribution in [1.29, 1.82) is 0 Å². The molecule has 2 aromatic rings. The number of fused-ring (bicyclic) bond motifs is 4. The van der Waals surface area contributed by atoms with Crippen LogP contribution in [0.4, 0.5) is 11.4 Å². The van der Waals surface area contributed by atoms with Crippen molar-refractivity contribution in [1.82, 2.24) is 9.80 Å². The van der Waals surface area contributed by atoms with Gasteiger partial charge in [-0.15, -0.1) is 0 Å². The van der Waals surface area contributed by atoms with Crippen molar-refractivity contribution in [2.75, 3.05) is 56.4 Å². The van der Waals surface area contributed by atoms with E-state index in [0.717, 1.165) is 68.3 Å². The van der Waals surface area contributed by atoms with Gasteiger partial charge in [0.15, 0.2) is 11.5 Å². The van der Waals surface area contributed by atoms with E-state index < -0.39 is 0 Å². The van der Waals surface area contributed by atoms with E-state index in [1.165, 1.54) is 5.56 Å². The highest BCUT2D eigenvalue weighted by Gasteiger charge is 2.38. The molecule has 1 atom stereocenters. The molecule has 0 spiro atoms. The van der Waals surface area contributed by atoms with Gasteiger partial charge in [0.1, 0.15) is 6.04 Å². The number of hydrogen-bond donors (Lipinski definition) is 0. The molecule has 0 saturated carbocycles. The van der Waals surface area contributed by atoms with Gasteiger partial charge < -0.3 is 24.2 Å². The van der Waals surface area contributed by atoms with Gasteiger partial charge in [-0.3, -0.25) is 14.5 Å².